The molecule has 0 amide bonds. The molecule has 0 saturated heterocycles. The van der Waals surface area contributed by atoms with Gasteiger partial charge in [0.05, 0.1) is 0 Å². The normalized spacial score (nSPS) is 22.4. The Hall–Kier alpha value is -0.610. The molecule has 0 aromatic heterocycles. The van der Waals surface area contributed by atoms with Crippen molar-refractivity contribution in [2.24, 2.45) is 5.92 Å². The molecule has 0 unspecified atom stereocenters. The summed E-state index contributed by atoms with van der Waals surface area (Å²) in [4.78, 5) is 2.12. The van der Waals surface area contributed by atoms with Gasteiger partial charge in [-0.15, -0.1) is 0 Å². The van der Waals surface area contributed by atoms with Crippen molar-refractivity contribution in [3.8, 4) is 0 Å². The summed E-state index contributed by atoms with van der Waals surface area (Å²) >= 11 is 9.00. The minimum absolute atomic E-state index is 0.545. The minimum Gasteiger partial charge on any atom is -0.360 e. The van der Waals surface area contributed by atoms with Gasteiger partial charge in [-0.1, -0.05) is 47.8 Å². The predicted octanol–water partition coefficient (Wildman–Crippen LogP) is 4.33. The molecule has 2 atom stereocenters. The van der Waals surface area contributed by atoms with Crippen LogP contribution in [0.25, 0.3) is 0 Å². The first-order valence-corrected chi connectivity index (χ1v) is 8.52. The van der Waals surface area contributed by atoms with Crippen LogP contribution in [0.1, 0.15) is 38.2 Å². The van der Waals surface area contributed by atoms with E-state index in [2.05, 4.69) is 64.4 Å². The molecule has 1 aromatic carbocycles. The van der Waals surface area contributed by atoms with Crippen molar-refractivity contribution in [3.63, 3.8) is 0 Å². The Bertz CT molecular complexity index is 446. The molecule has 0 bridgehead atoms. The van der Waals surface area contributed by atoms with Crippen LogP contribution in [0.5, 0.6) is 0 Å². The van der Waals surface area contributed by atoms with Gasteiger partial charge in [0, 0.05) is 24.1 Å². The molecule has 20 heavy (non-hydrogen) atoms. The van der Waals surface area contributed by atoms with Crippen molar-refractivity contribution < 1.29 is 0 Å². The first kappa shape index (κ1) is 15.8. The van der Waals surface area contributed by atoms with Gasteiger partial charge in [0.1, 0.15) is 0 Å². The van der Waals surface area contributed by atoms with Crippen molar-refractivity contribution in [2.45, 2.75) is 45.2 Å². The van der Waals surface area contributed by atoms with Crippen LogP contribution >= 0.6 is 28.1 Å². The van der Waals surface area contributed by atoms with Gasteiger partial charge in [-0.2, -0.15) is 0 Å². The summed E-state index contributed by atoms with van der Waals surface area (Å²) in [5.41, 5.74) is 1.27. The van der Waals surface area contributed by atoms with Gasteiger partial charge < -0.3 is 10.2 Å². The average molecular weight is 355 g/mol. The van der Waals surface area contributed by atoms with Crippen LogP contribution in [0.4, 0.5) is 0 Å². The van der Waals surface area contributed by atoms with Crippen molar-refractivity contribution in [2.75, 3.05) is 7.05 Å². The molecular weight excluding hydrogens is 332 g/mol. The van der Waals surface area contributed by atoms with Crippen LogP contribution in [-0.2, 0) is 6.54 Å². The molecule has 0 radical (unpaired) electrons. The summed E-state index contributed by atoms with van der Waals surface area (Å²) in [7, 11) is 2.06. The summed E-state index contributed by atoms with van der Waals surface area (Å²) in [5, 5.41) is 4.42. The highest BCUT2D eigenvalue weighted by Crippen LogP contribution is 2.24. The van der Waals surface area contributed by atoms with Crippen LogP contribution in [0.3, 0.4) is 0 Å². The van der Waals surface area contributed by atoms with E-state index in [0.29, 0.717) is 6.04 Å². The quantitative estimate of drug-likeness (QED) is 0.813. The summed E-state index contributed by atoms with van der Waals surface area (Å²) in [6.45, 7) is 3.17. The molecule has 1 saturated carbocycles. The van der Waals surface area contributed by atoms with E-state index in [1.165, 1.54) is 31.2 Å². The SMILES string of the molecule is C[C@H]1CCCC[C@@H]1NC(=S)N(C)Cc1ccc(Br)cc1. The van der Waals surface area contributed by atoms with Gasteiger partial charge in [-0.3, -0.25) is 0 Å². The van der Waals surface area contributed by atoms with E-state index in [-0.39, 0.29) is 0 Å². The first-order chi connectivity index (χ1) is 9.56. The number of thiocarbonyl (C=S) groups is 1. The Labute approximate surface area is 136 Å². The first-order valence-electron chi connectivity index (χ1n) is 7.32. The van der Waals surface area contributed by atoms with E-state index in [1.54, 1.807) is 0 Å². The maximum absolute atomic E-state index is 5.54. The molecule has 1 fully saturated rings. The molecule has 1 N–H and O–H groups in total. The Kier molecular flexibility index (Phi) is 5.85. The van der Waals surface area contributed by atoms with Crippen LogP contribution in [0, 0.1) is 5.92 Å². The van der Waals surface area contributed by atoms with E-state index in [1.807, 2.05) is 0 Å². The number of halogens is 1. The summed E-state index contributed by atoms with van der Waals surface area (Å²) in [6, 6.07) is 8.95. The molecule has 2 nitrogen and oxygen atoms in total. The molecule has 2 rings (SSSR count). The third kappa shape index (κ3) is 4.45. The van der Waals surface area contributed by atoms with E-state index in [0.717, 1.165) is 22.0 Å². The second-order valence-corrected chi connectivity index (χ2v) is 7.10. The van der Waals surface area contributed by atoms with E-state index in [9.17, 15) is 0 Å². The highest BCUT2D eigenvalue weighted by molar-refractivity contribution is 9.10. The maximum Gasteiger partial charge on any atom is 0.169 e. The topological polar surface area (TPSA) is 15.3 Å². The molecule has 1 aliphatic carbocycles. The predicted molar refractivity (Wildman–Crippen MR) is 92.8 cm³/mol. The fraction of sp³-hybridized carbons (Fsp3) is 0.562. The van der Waals surface area contributed by atoms with Gasteiger partial charge in [0.25, 0.3) is 0 Å². The number of hydrogen-bond acceptors (Lipinski definition) is 1. The third-order valence-corrected chi connectivity index (χ3v) is 5.06. The van der Waals surface area contributed by atoms with Gasteiger partial charge in [-0.05, 0) is 48.7 Å². The number of hydrogen-bond donors (Lipinski definition) is 1. The largest absolute Gasteiger partial charge is 0.360 e. The highest BCUT2D eigenvalue weighted by atomic mass is 79.9. The van der Waals surface area contributed by atoms with Crippen molar-refractivity contribution in [1.29, 1.82) is 0 Å². The number of rotatable bonds is 3. The summed E-state index contributed by atoms with van der Waals surface area (Å²) in [5.74, 6) is 0.725. The zero-order valence-corrected chi connectivity index (χ0v) is 14.6. The maximum atomic E-state index is 5.54. The van der Waals surface area contributed by atoms with Crippen molar-refractivity contribution in [3.05, 3.63) is 34.3 Å². The Morgan fingerprint density at radius 1 is 1.30 bits per heavy atom. The molecule has 0 heterocycles. The van der Waals surface area contributed by atoms with Gasteiger partial charge >= 0.3 is 0 Å². The smallest absolute Gasteiger partial charge is 0.169 e. The highest BCUT2D eigenvalue weighted by Gasteiger charge is 2.22. The second kappa shape index (κ2) is 7.41. The van der Waals surface area contributed by atoms with Crippen LogP contribution in [0.15, 0.2) is 28.7 Å². The standard InChI is InChI=1S/C16H23BrN2S/c1-12-5-3-4-6-15(12)18-16(20)19(2)11-13-7-9-14(17)10-8-13/h7-10,12,15H,3-6,11H2,1-2H3,(H,18,20)/t12-,15-/m0/s1. The molecule has 4 heteroatoms. The average Bonchev–Trinajstić information content (AvgIpc) is 2.44. The van der Waals surface area contributed by atoms with E-state index < -0.39 is 0 Å². The van der Waals surface area contributed by atoms with Crippen molar-refractivity contribution in [1.82, 2.24) is 10.2 Å². The molecule has 110 valence electrons. The number of benzene rings is 1. The molecule has 0 aliphatic heterocycles. The van der Waals surface area contributed by atoms with Crippen molar-refractivity contribution >= 4 is 33.3 Å². The molecular formula is C16H23BrN2S. The Morgan fingerprint density at radius 2 is 1.95 bits per heavy atom. The summed E-state index contributed by atoms with van der Waals surface area (Å²) < 4.78 is 1.11. The lowest BCUT2D eigenvalue weighted by Crippen LogP contribution is -2.46. The van der Waals surface area contributed by atoms with E-state index in [4.69, 9.17) is 12.2 Å². The zero-order valence-electron chi connectivity index (χ0n) is 12.2. The van der Waals surface area contributed by atoms with Crippen LogP contribution in [-0.4, -0.2) is 23.1 Å². The zero-order chi connectivity index (χ0) is 14.5. The second-order valence-electron chi connectivity index (χ2n) is 5.80. The van der Waals surface area contributed by atoms with Gasteiger partial charge in [0.2, 0.25) is 0 Å². The lowest BCUT2D eigenvalue weighted by atomic mass is 9.86. The minimum atomic E-state index is 0.545. The molecule has 1 aliphatic rings. The van der Waals surface area contributed by atoms with Crippen LogP contribution in [0.2, 0.25) is 0 Å². The molecule has 0 spiro atoms. The molecule has 1 aromatic rings. The summed E-state index contributed by atoms with van der Waals surface area (Å²) in [6.07, 6.45) is 5.24. The number of nitrogens with zero attached hydrogens (tertiary/aromatic N) is 1. The van der Waals surface area contributed by atoms with Gasteiger partial charge in [0.15, 0.2) is 5.11 Å². The lowest BCUT2D eigenvalue weighted by molar-refractivity contribution is 0.300. The lowest BCUT2D eigenvalue weighted by Gasteiger charge is -2.33. The number of nitrogens with one attached hydrogen (secondary N) is 1. The van der Waals surface area contributed by atoms with Crippen LogP contribution < -0.4 is 5.32 Å². The van der Waals surface area contributed by atoms with E-state index >= 15 is 0 Å². The fourth-order valence-electron chi connectivity index (χ4n) is 2.73. The third-order valence-electron chi connectivity index (χ3n) is 4.10. The Balaban J connectivity index is 1.86. The van der Waals surface area contributed by atoms with Gasteiger partial charge in [-0.25, -0.2) is 0 Å². The monoisotopic (exact) mass is 354 g/mol. The Morgan fingerprint density at radius 3 is 2.60 bits per heavy atom. The fourth-order valence-corrected chi connectivity index (χ4v) is 3.22.